The molecule has 122 valence electrons. The standard InChI is InChI=1S/C15H34N4.HI/c1-12(2)8-7-9-14(5)18-15(16)17-10-11-19(6)13(3)4;/h12-14H,7-11H2,1-6H3,(H3,16,17,18);1H. The lowest BCUT2D eigenvalue weighted by Gasteiger charge is -2.20. The van der Waals surface area contributed by atoms with Gasteiger partial charge in [0, 0.05) is 18.6 Å². The Morgan fingerprint density at radius 2 is 1.75 bits per heavy atom. The molecule has 1 atom stereocenters. The van der Waals surface area contributed by atoms with Gasteiger partial charge < -0.3 is 16.0 Å². The molecule has 0 radical (unpaired) electrons. The number of nitrogens with zero attached hydrogens (tertiary/aromatic N) is 2. The Balaban J connectivity index is 0. The second-order valence-electron chi connectivity index (χ2n) is 6.21. The summed E-state index contributed by atoms with van der Waals surface area (Å²) in [6, 6.07) is 0.963. The number of halogens is 1. The van der Waals surface area contributed by atoms with Crippen molar-refractivity contribution in [2.24, 2.45) is 16.6 Å². The fourth-order valence-electron chi connectivity index (χ4n) is 1.79. The van der Waals surface area contributed by atoms with Crippen LogP contribution in [0.2, 0.25) is 0 Å². The Hall–Kier alpha value is -0.0400. The summed E-state index contributed by atoms with van der Waals surface area (Å²) in [5, 5.41) is 3.27. The number of guanidine groups is 1. The third-order valence-corrected chi connectivity index (χ3v) is 3.43. The maximum absolute atomic E-state index is 5.89. The Bertz CT molecular complexity index is 254. The minimum Gasteiger partial charge on any atom is -0.370 e. The lowest BCUT2D eigenvalue weighted by atomic mass is 10.0. The van der Waals surface area contributed by atoms with E-state index < -0.39 is 0 Å². The summed E-state index contributed by atoms with van der Waals surface area (Å²) in [6.45, 7) is 12.8. The second-order valence-corrected chi connectivity index (χ2v) is 6.21. The van der Waals surface area contributed by atoms with Gasteiger partial charge in [-0.1, -0.05) is 26.7 Å². The van der Waals surface area contributed by atoms with Gasteiger partial charge in [-0.25, -0.2) is 0 Å². The SMILES string of the molecule is CC(C)CCCC(C)NC(N)=NCCN(C)C(C)C.I. The molecule has 0 heterocycles. The second kappa shape index (κ2) is 12.7. The summed E-state index contributed by atoms with van der Waals surface area (Å²) in [4.78, 5) is 6.64. The van der Waals surface area contributed by atoms with E-state index in [4.69, 9.17) is 5.73 Å². The normalized spacial score (nSPS) is 13.8. The van der Waals surface area contributed by atoms with Crippen molar-refractivity contribution >= 4 is 29.9 Å². The summed E-state index contributed by atoms with van der Waals surface area (Å²) in [6.07, 6.45) is 3.68. The van der Waals surface area contributed by atoms with E-state index in [2.05, 4.69) is 56.9 Å². The van der Waals surface area contributed by atoms with Crippen LogP contribution < -0.4 is 11.1 Å². The fraction of sp³-hybridized carbons (Fsp3) is 0.933. The van der Waals surface area contributed by atoms with E-state index in [0.29, 0.717) is 18.0 Å². The highest BCUT2D eigenvalue weighted by Gasteiger charge is 2.04. The van der Waals surface area contributed by atoms with Crippen LogP contribution in [-0.4, -0.2) is 43.1 Å². The van der Waals surface area contributed by atoms with Gasteiger partial charge in [-0.2, -0.15) is 0 Å². The summed E-state index contributed by atoms with van der Waals surface area (Å²) >= 11 is 0. The van der Waals surface area contributed by atoms with Crippen molar-refractivity contribution in [1.29, 1.82) is 0 Å². The first-order valence-corrected chi connectivity index (χ1v) is 7.59. The van der Waals surface area contributed by atoms with Crippen LogP contribution in [-0.2, 0) is 0 Å². The predicted molar refractivity (Wildman–Crippen MR) is 101 cm³/mol. The molecule has 5 heteroatoms. The third-order valence-electron chi connectivity index (χ3n) is 3.43. The summed E-state index contributed by atoms with van der Waals surface area (Å²) in [5.74, 6) is 1.36. The number of aliphatic imine (C=N–C) groups is 1. The smallest absolute Gasteiger partial charge is 0.188 e. The molecule has 1 unspecified atom stereocenters. The zero-order chi connectivity index (χ0) is 14.8. The van der Waals surface area contributed by atoms with Gasteiger partial charge in [0.05, 0.1) is 6.54 Å². The third kappa shape index (κ3) is 13.0. The van der Waals surface area contributed by atoms with Crippen molar-refractivity contribution in [2.75, 3.05) is 20.1 Å². The van der Waals surface area contributed by atoms with Gasteiger partial charge in [-0.15, -0.1) is 24.0 Å². The Kier molecular flexibility index (Phi) is 14.1. The van der Waals surface area contributed by atoms with Crippen LogP contribution >= 0.6 is 24.0 Å². The van der Waals surface area contributed by atoms with E-state index in [1.54, 1.807) is 0 Å². The van der Waals surface area contributed by atoms with Gasteiger partial charge >= 0.3 is 0 Å². The molecule has 0 saturated heterocycles. The molecule has 0 fully saturated rings. The van der Waals surface area contributed by atoms with Crippen molar-refractivity contribution in [3.8, 4) is 0 Å². The molecule has 0 amide bonds. The molecule has 0 aliphatic rings. The van der Waals surface area contributed by atoms with E-state index in [9.17, 15) is 0 Å². The average molecular weight is 398 g/mol. The van der Waals surface area contributed by atoms with E-state index in [0.717, 1.165) is 25.4 Å². The minimum atomic E-state index is 0. The highest BCUT2D eigenvalue weighted by atomic mass is 127. The molecule has 20 heavy (non-hydrogen) atoms. The van der Waals surface area contributed by atoms with Crippen molar-refractivity contribution < 1.29 is 0 Å². The van der Waals surface area contributed by atoms with Gasteiger partial charge in [0.2, 0.25) is 0 Å². The number of nitrogens with one attached hydrogen (secondary N) is 1. The van der Waals surface area contributed by atoms with E-state index in [1.165, 1.54) is 12.8 Å². The van der Waals surface area contributed by atoms with Crippen LogP contribution in [0.15, 0.2) is 4.99 Å². The summed E-state index contributed by atoms with van der Waals surface area (Å²) < 4.78 is 0. The van der Waals surface area contributed by atoms with Crippen molar-refractivity contribution in [2.45, 2.75) is 66.0 Å². The molecule has 0 aliphatic heterocycles. The van der Waals surface area contributed by atoms with Gasteiger partial charge in [0.25, 0.3) is 0 Å². The van der Waals surface area contributed by atoms with Gasteiger partial charge in [-0.3, -0.25) is 4.99 Å². The molecule has 3 N–H and O–H groups in total. The zero-order valence-corrected chi connectivity index (χ0v) is 16.5. The molecule has 0 saturated carbocycles. The first-order chi connectivity index (χ1) is 8.82. The largest absolute Gasteiger partial charge is 0.370 e. The maximum Gasteiger partial charge on any atom is 0.188 e. The van der Waals surface area contributed by atoms with Crippen LogP contribution in [0, 0.1) is 5.92 Å². The molecule has 0 aliphatic carbocycles. The first kappa shape index (κ1) is 22.2. The lowest BCUT2D eigenvalue weighted by molar-refractivity contribution is 0.282. The topological polar surface area (TPSA) is 53.6 Å². The van der Waals surface area contributed by atoms with Gasteiger partial charge in [-0.05, 0) is 40.2 Å². The average Bonchev–Trinajstić information content (AvgIpc) is 2.27. The Morgan fingerprint density at radius 1 is 1.15 bits per heavy atom. The predicted octanol–water partition coefficient (Wildman–Crippen LogP) is 3.06. The van der Waals surface area contributed by atoms with Crippen LogP contribution in [0.3, 0.4) is 0 Å². The highest BCUT2D eigenvalue weighted by Crippen LogP contribution is 2.07. The Labute approximate surface area is 143 Å². The van der Waals surface area contributed by atoms with Crippen molar-refractivity contribution in [3.05, 3.63) is 0 Å². The van der Waals surface area contributed by atoms with Crippen LogP contribution in [0.25, 0.3) is 0 Å². The van der Waals surface area contributed by atoms with Gasteiger partial charge in [0.1, 0.15) is 0 Å². The maximum atomic E-state index is 5.89. The van der Waals surface area contributed by atoms with E-state index in [1.807, 2.05) is 0 Å². The molecule has 0 bridgehead atoms. The fourth-order valence-corrected chi connectivity index (χ4v) is 1.79. The molecule has 0 aromatic heterocycles. The molecule has 0 rings (SSSR count). The number of nitrogens with two attached hydrogens (primary N) is 1. The van der Waals surface area contributed by atoms with Crippen LogP contribution in [0.5, 0.6) is 0 Å². The highest BCUT2D eigenvalue weighted by molar-refractivity contribution is 14.0. The summed E-state index contributed by atoms with van der Waals surface area (Å²) in [5.41, 5.74) is 5.89. The molecular formula is C15H35IN4. The summed E-state index contributed by atoms with van der Waals surface area (Å²) in [7, 11) is 2.11. The quantitative estimate of drug-likeness (QED) is 0.357. The minimum absolute atomic E-state index is 0. The number of likely N-dealkylation sites (N-methyl/N-ethyl adjacent to an activating group) is 1. The molecular weight excluding hydrogens is 363 g/mol. The number of hydrogen-bond acceptors (Lipinski definition) is 2. The number of rotatable bonds is 9. The molecule has 0 aromatic carbocycles. The van der Waals surface area contributed by atoms with Crippen LogP contribution in [0.4, 0.5) is 0 Å². The lowest BCUT2D eigenvalue weighted by Crippen LogP contribution is -2.39. The monoisotopic (exact) mass is 398 g/mol. The van der Waals surface area contributed by atoms with E-state index in [-0.39, 0.29) is 24.0 Å². The van der Waals surface area contributed by atoms with Crippen LogP contribution in [0.1, 0.15) is 53.9 Å². The zero-order valence-electron chi connectivity index (χ0n) is 14.1. The van der Waals surface area contributed by atoms with Gasteiger partial charge in [0.15, 0.2) is 5.96 Å². The first-order valence-electron chi connectivity index (χ1n) is 7.59. The van der Waals surface area contributed by atoms with E-state index >= 15 is 0 Å². The molecule has 0 spiro atoms. The van der Waals surface area contributed by atoms with Crippen molar-refractivity contribution in [3.63, 3.8) is 0 Å². The number of hydrogen-bond donors (Lipinski definition) is 2. The molecule has 4 nitrogen and oxygen atoms in total. The van der Waals surface area contributed by atoms with Crippen molar-refractivity contribution in [1.82, 2.24) is 10.2 Å². The Morgan fingerprint density at radius 3 is 2.25 bits per heavy atom. The molecule has 0 aromatic rings.